The lowest BCUT2D eigenvalue weighted by Crippen LogP contribution is -2.23. The van der Waals surface area contributed by atoms with Crippen LogP contribution in [0.15, 0.2) is 48.5 Å². The molecular weight excluding hydrogens is 365 g/mol. The van der Waals surface area contributed by atoms with Crippen molar-refractivity contribution in [3.63, 3.8) is 0 Å². The van der Waals surface area contributed by atoms with Crippen LogP contribution in [0.3, 0.4) is 0 Å². The van der Waals surface area contributed by atoms with E-state index in [-0.39, 0.29) is 5.95 Å². The van der Waals surface area contributed by atoms with Crippen LogP contribution in [0.5, 0.6) is 0 Å². The first-order chi connectivity index (χ1) is 12.8. The number of rotatable bonds is 4. The monoisotopic (exact) mass is 383 g/mol. The second-order valence-corrected chi connectivity index (χ2v) is 8.60. The first kappa shape index (κ1) is 18.7. The van der Waals surface area contributed by atoms with Crippen LogP contribution >= 0.6 is 0 Å². The number of aromatic nitrogens is 2. The van der Waals surface area contributed by atoms with E-state index < -0.39 is 21.1 Å². The molecule has 2 aromatic carbocycles. The molecule has 27 heavy (non-hydrogen) atoms. The Morgan fingerprint density at radius 2 is 1.96 bits per heavy atom. The molecular formula is C20H18FN3O2S. The summed E-state index contributed by atoms with van der Waals surface area (Å²) in [6.07, 6.45) is 6.96. The van der Waals surface area contributed by atoms with Gasteiger partial charge in [-0.15, -0.1) is 6.42 Å². The highest BCUT2D eigenvalue weighted by Crippen LogP contribution is 2.29. The molecule has 0 aliphatic heterocycles. The number of hydrogen-bond donors (Lipinski definition) is 1. The summed E-state index contributed by atoms with van der Waals surface area (Å²) in [5.41, 5.74) is 8.46. The minimum atomic E-state index is -3.71. The number of allylic oxidation sites excluding steroid dienone is 1. The number of fused-ring (bicyclic) bond motifs is 1. The smallest absolute Gasteiger partial charge is 0.244 e. The van der Waals surface area contributed by atoms with Crippen molar-refractivity contribution in [1.82, 2.24) is 8.96 Å². The van der Waals surface area contributed by atoms with Crippen LogP contribution in [0.2, 0.25) is 0 Å². The average Bonchev–Trinajstić information content (AvgIpc) is 2.95. The van der Waals surface area contributed by atoms with Gasteiger partial charge >= 0.3 is 0 Å². The van der Waals surface area contributed by atoms with Crippen LogP contribution in [0.1, 0.15) is 25.0 Å². The fourth-order valence-corrected chi connectivity index (χ4v) is 3.93. The molecule has 0 aliphatic rings. The van der Waals surface area contributed by atoms with Crippen molar-refractivity contribution >= 4 is 32.6 Å². The van der Waals surface area contributed by atoms with Gasteiger partial charge in [0.25, 0.3) is 0 Å². The Morgan fingerprint density at radius 1 is 1.26 bits per heavy atom. The summed E-state index contributed by atoms with van der Waals surface area (Å²) < 4.78 is 40.1. The Bertz CT molecular complexity index is 1200. The van der Waals surface area contributed by atoms with Crippen molar-refractivity contribution < 1.29 is 12.8 Å². The Kier molecular flexibility index (Phi) is 4.77. The van der Waals surface area contributed by atoms with Crippen molar-refractivity contribution in [2.75, 3.05) is 5.73 Å². The van der Waals surface area contributed by atoms with Gasteiger partial charge in [0.2, 0.25) is 16.0 Å². The number of nitrogens with two attached hydrogens (primary N) is 1. The number of imidazole rings is 1. The third-order valence-corrected chi connectivity index (χ3v) is 6.25. The minimum Gasteiger partial charge on any atom is -0.368 e. The molecule has 0 atom stereocenters. The number of hydrogen-bond acceptors (Lipinski definition) is 4. The highest BCUT2D eigenvalue weighted by molar-refractivity contribution is 7.90. The summed E-state index contributed by atoms with van der Waals surface area (Å²) in [5.74, 6) is 1.95. The maximum absolute atomic E-state index is 13.7. The summed E-state index contributed by atoms with van der Waals surface area (Å²) >= 11 is 0. The van der Waals surface area contributed by atoms with E-state index in [1.54, 1.807) is 44.2 Å². The molecule has 7 heteroatoms. The summed E-state index contributed by atoms with van der Waals surface area (Å²) in [5, 5.41) is -0.676. The third-order valence-electron chi connectivity index (χ3n) is 4.16. The topological polar surface area (TPSA) is 78.0 Å². The highest BCUT2D eigenvalue weighted by atomic mass is 32.2. The van der Waals surface area contributed by atoms with Gasteiger partial charge in [-0.05, 0) is 60.9 Å². The third kappa shape index (κ3) is 3.32. The molecule has 3 rings (SSSR count). The van der Waals surface area contributed by atoms with E-state index in [0.717, 1.165) is 3.97 Å². The van der Waals surface area contributed by atoms with Crippen LogP contribution in [0.25, 0.3) is 16.6 Å². The molecule has 3 aromatic rings. The van der Waals surface area contributed by atoms with Crippen LogP contribution in [-0.4, -0.2) is 22.6 Å². The quantitative estimate of drug-likeness (QED) is 0.701. The van der Waals surface area contributed by atoms with E-state index >= 15 is 0 Å². The number of nitrogen functional groups attached to an aromatic ring is 1. The molecule has 0 unspecified atom stereocenters. The Labute approximate surface area is 157 Å². The summed E-state index contributed by atoms with van der Waals surface area (Å²) in [7, 11) is -3.71. The molecule has 0 fully saturated rings. The van der Waals surface area contributed by atoms with Gasteiger partial charge in [-0.1, -0.05) is 24.1 Å². The molecule has 1 aromatic heterocycles. The number of terminal acetylenes is 1. The minimum absolute atomic E-state index is 0.107. The largest absolute Gasteiger partial charge is 0.368 e. The highest BCUT2D eigenvalue weighted by Gasteiger charge is 2.24. The van der Waals surface area contributed by atoms with E-state index in [2.05, 4.69) is 10.9 Å². The fraction of sp³-hybridized carbons (Fsp3) is 0.150. The predicted octanol–water partition coefficient (Wildman–Crippen LogP) is 3.41. The normalized spacial score (nSPS) is 12.5. The Hall–Kier alpha value is -3.11. The van der Waals surface area contributed by atoms with Gasteiger partial charge in [0, 0.05) is 0 Å². The first-order valence-electron chi connectivity index (χ1n) is 8.20. The second kappa shape index (κ2) is 6.89. The zero-order valence-corrected chi connectivity index (χ0v) is 15.7. The van der Waals surface area contributed by atoms with Crippen molar-refractivity contribution in [3.05, 3.63) is 65.5 Å². The number of nitrogens with zero attached hydrogens (tertiary/aromatic N) is 2. The SMILES string of the molecule is C#C/C=C(/c1cccc(F)c1)c1ccc2nc(N)n(S(=O)(=O)C(C)C)c2c1. The molecule has 0 amide bonds. The van der Waals surface area contributed by atoms with Gasteiger partial charge in [0.1, 0.15) is 5.82 Å². The Morgan fingerprint density at radius 3 is 2.59 bits per heavy atom. The van der Waals surface area contributed by atoms with Gasteiger partial charge in [-0.3, -0.25) is 0 Å². The van der Waals surface area contributed by atoms with Gasteiger partial charge in [-0.25, -0.2) is 21.8 Å². The van der Waals surface area contributed by atoms with Crippen molar-refractivity contribution in [3.8, 4) is 12.3 Å². The van der Waals surface area contributed by atoms with Crippen LogP contribution < -0.4 is 5.73 Å². The zero-order valence-electron chi connectivity index (χ0n) is 14.8. The second-order valence-electron chi connectivity index (χ2n) is 6.27. The molecule has 2 N–H and O–H groups in total. The van der Waals surface area contributed by atoms with Gasteiger partial charge in [0.05, 0.1) is 16.3 Å². The Balaban J connectivity index is 2.27. The van der Waals surface area contributed by atoms with E-state index in [1.165, 1.54) is 18.2 Å². The lowest BCUT2D eigenvalue weighted by atomic mass is 9.97. The molecule has 0 saturated heterocycles. The molecule has 5 nitrogen and oxygen atoms in total. The standard InChI is InChI=1S/C20H18FN3O2S/c1-4-6-17(14-7-5-8-16(21)11-14)15-9-10-18-19(12-15)24(20(22)23-18)27(25,26)13(2)3/h1,5-13H,2-3H3,(H2,22,23)/b17-6-. The number of benzene rings is 2. The average molecular weight is 383 g/mol. The van der Waals surface area contributed by atoms with Gasteiger partial charge < -0.3 is 5.73 Å². The summed E-state index contributed by atoms with van der Waals surface area (Å²) in [6.45, 7) is 3.14. The van der Waals surface area contributed by atoms with Crippen LogP contribution in [0.4, 0.5) is 10.3 Å². The lowest BCUT2D eigenvalue weighted by Gasteiger charge is -2.12. The van der Waals surface area contributed by atoms with E-state index in [9.17, 15) is 12.8 Å². The van der Waals surface area contributed by atoms with Gasteiger partial charge in [0.15, 0.2) is 0 Å². The maximum atomic E-state index is 13.7. The van der Waals surface area contributed by atoms with E-state index in [4.69, 9.17) is 12.2 Å². The number of anilines is 1. The van der Waals surface area contributed by atoms with E-state index in [0.29, 0.717) is 27.7 Å². The molecule has 0 bridgehead atoms. The fourth-order valence-electron chi connectivity index (χ4n) is 2.79. The van der Waals surface area contributed by atoms with Gasteiger partial charge in [-0.2, -0.15) is 0 Å². The number of halogens is 1. The molecule has 0 saturated carbocycles. The molecule has 0 radical (unpaired) electrons. The van der Waals surface area contributed by atoms with Crippen LogP contribution in [0, 0.1) is 18.2 Å². The van der Waals surface area contributed by atoms with Crippen molar-refractivity contribution in [2.45, 2.75) is 19.1 Å². The van der Waals surface area contributed by atoms with Crippen LogP contribution in [-0.2, 0) is 10.0 Å². The van der Waals surface area contributed by atoms with Crippen molar-refractivity contribution in [1.29, 1.82) is 0 Å². The lowest BCUT2D eigenvalue weighted by molar-refractivity contribution is 0.580. The summed E-state index contributed by atoms with van der Waals surface area (Å²) in [4.78, 5) is 4.14. The zero-order chi connectivity index (χ0) is 19.8. The summed E-state index contributed by atoms with van der Waals surface area (Å²) in [6, 6.07) is 11.1. The predicted molar refractivity (Wildman–Crippen MR) is 106 cm³/mol. The van der Waals surface area contributed by atoms with E-state index in [1.807, 2.05) is 0 Å². The molecule has 138 valence electrons. The maximum Gasteiger partial charge on any atom is 0.244 e. The van der Waals surface area contributed by atoms with Crippen molar-refractivity contribution in [2.24, 2.45) is 0 Å². The first-order valence-corrected chi connectivity index (χ1v) is 9.71. The molecule has 0 spiro atoms. The molecule has 0 aliphatic carbocycles. The molecule has 1 heterocycles.